The van der Waals surface area contributed by atoms with E-state index in [1.54, 1.807) is 0 Å². The highest BCUT2D eigenvalue weighted by Gasteiger charge is 2.04. The number of aromatic nitrogens is 3. The quantitative estimate of drug-likeness (QED) is 0.731. The van der Waals surface area contributed by atoms with Gasteiger partial charge in [0.15, 0.2) is 0 Å². The van der Waals surface area contributed by atoms with Gasteiger partial charge in [-0.25, -0.2) is 4.98 Å². The molecule has 3 aromatic rings. The normalized spacial score (nSPS) is 11.1. The zero-order chi connectivity index (χ0) is 14.7. The second-order valence-corrected chi connectivity index (χ2v) is 5.36. The van der Waals surface area contributed by atoms with Crippen LogP contribution < -0.4 is 5.32 Å². The van der Waals surface area contributed by atoms with Crippen LogP contribution in [0.15, 0.2) is 42.9 Å². The van der Waals surface area contributed by atoms with Gasteiger partial charge in [-0.2, -0.15) is 0 Å². The Balaban J connectivity index is 1.62. The summed E-state index contributed by atoms with van der Waals surface area (Å²) < 4.78 is 2.20. The third kappa shape index (κ3) is 3.11. The topological polar surface area (TPSA) is 42.7 Å². The van der Waals surface area contributed by atoms with Gasteiger partial charge in [0.25, 0.3) is 0 Å². The molecule has 0 unspecified atom stereocenters. The van der Waals surface area contributed by atoms with E-state index in [4.69, 9.17) is 0 Å². The number of fused-ring (bicyclic) bond motifs is 1. The number of benzene rings is 1. The van der Waals surface area contributed by atoms with E-state index in [1.807, 2.05) is 30.7 Å². The van der Waals surface area contributed by atoms with E-state index in [0.29, 0.717) is 0 Å². The van der Waals surface area contributed by atoms with E-state index in [-0.39, 0.29) is 0 Å². The molecule has 0 amide bonds. The molecule has 0 radical (unpaired) electrons. The predicted molar refractivity (Wildman–Crippen MR) is 85.2 cm³/mol. The molecule has 0 aliphatic carbocycles. The minimum absolute atomic E-state index is 0.797. The van der Waals surface area contributed by atoms with E-state index >= 15 is 0 Å². The van der Waals surface area contributed by atoms with E-state index in [1.165, 1.54) is 16.6 Å². The minimum atomic E-state index is 0.797. The first kappa shape index (κ1) is 13.8. The summed E-state index contributed by atoms with van der Waals surface area (Å²) in [6.07, 6.45) is 3.75. The van der Waals surface area contributed by atoms with Crippen LogP contribution in [0.3, 0.4) is 0 Å². The molecule has 2 heterocycles. The first-order chi connectivity index (χ1) is 10.2. The van der Waals surface area contributed by atoms with Crippen molar-refractivity contribution in [3.8, 4) is 0 Å². The minimum Gasteiger partial charge on any atom is -0.329 e. The lowest BCUT2D eigenvalue weighted by Gasteiger charge is -2.07. The van der Waals surface area contributed by atoms with Crippen LogP contribution in [0.5, 0.6) is 0 Å². The maximum atomic E-state index is 4.48. The van der Waals surface area contributed by atoms with Gasteiger partial charge in [-0.1, -0.05) is 6.07 Å². The third-order valence-electron chi connectivity index (χ3n) is 3.80. The lowest BCUT2D eigenvalue weighted by atomic mass is 10.1. The fraction of sp³-hybridized carbons (Fsp3) is 0.294. The number of hydrogen-bond donors (Lipinski definition) is 1. The first-order valence-electron chi connectivity index (χ1n) is 7.27. The van der Waals surface area contributed by atoms with Crippen molar-refractivity contribution in [1.29, 1.82) is 0 Å². The summed E-state index contributed by atoms with van der Waals surface area (Å²) in [6.45, 7) is 6.88. The van der Waals surface area contributed by atoms with E-state index in [9.17, 15) is 0 Å². The Kier molecular flexibility index (Phi) is 3.97. The Labute approximate surface area is 124 Å². The maximum absolute atomic E-state index is 4.48. The van der Waals surface area contributed by atoms with Gasteiger partial charge < -0.3 is 9.88 Å². The lowest BCUT2D eigenvalue weighted by molar-refractivity contribution is 0.601. The van der Waals surface area contributed by atoms with Crippen molar-refractivity contribution in [2.45, 2.75) is 26.9 Å². The molecular weight excluding hydrogens is 260 g/mol. The third-order valence-corrected chi connectivity index (χ3v) is 3.80. The molecule has 0 fully saturated rings. The van der Waals surface area contributed by atoms with E-state index < -0.39 is 0 Å². The molecule has 0 aliphatic heterocycles. The van der Waals surface area contributed by atoms with Crippen molar-refractivity contribution >= 4 is 11.0 Å². The van der Waals surface area contributed by atoms with Gasteiger partial charge in [0, 0.05) is 25.8 Å². The number of imidazole rings is 1. The lowest BCUT2D eigenvalue weighted by Crippen LogP contribution is -2.19. The molecule has 0 bridgehead atoms. The van der Waals surface area contributed by atoms with Crippen molar-refractivity contribution in [1.82, 2.24) is 19.9 Å². The van der Waals surface area contributed by atoms with Crippen molar-refractivity contribution in [3.63, 3.8) is 0 Å². The smallest absolute Gasteiger partial charge is 0.0958 e. The molecule has 0 atom stereocenters. The number of pyridine rings is 1. The average molecular weight is 280 g/mol. The molecule has 0 saturated carbocycles. The van der Waals surface area contributed by atoms with Crippen LogP contribution in [0.1, 0.15) is 16.8 Å². The number of hydrogen-bond acceptors (Lipinski definition) is 3. The number of rotatable bonds is 5. The van der Waals surface area contributed by atoms with Gasteiger partial charge in [-0.3, -0.25) is 4.98 Å². The number of aryl methyl sites for hydroxylation is 2. The molecule has 0 saturated heterocycles. The van der Waals surface area contributed by atoms with Crippen LogP contribution in [0, 0.1) is 13.8 Å². The Morgan fingerprint density at radius 3 is 2.76 bits per heavy atom. The summed E-state index contributed by atoms with van der Waals surface area (Å²) in [4.78, 5) is 8.78. The van der Waals surface area contributed by atoms with Crippen LogP contribution in [-0.2, 0) is 13.1 Å². The molecule has 2 aromatic heterocycles. The van der Waals surface area contributed by atoms with Crippen molar-refractivity contribution in [3.05, 3.63) is 59.7 Å². The molecular formula is C17H20N4. The highest BCUT2D eigenvalue weighted by Crippen LogP contribution is 2.18. The van der Waals surface area contributed by atoms with Crippen molar-refractivity contribution in [2.24, 2.45) is 0 Å². The molecule has 0 spiro atoms. The highest BCUT2D eigenvalue weighted by molar-refractivity contribution is 5.77. The zero-order valence-corrected chi connectivity index (χ0v) is 12.5. The summed E-state index contributed by atoms with van der Waals surface area (Å²) in [5, 5.41) is 3.42. The summed E-state index contributed by atoms with van der Waals surface area (Å²) in [5.41, 5.74) is 5.95. The molecule has 4 nitrogen and oxygen atoms in total. The summed E-state index contributed by atoms with van der Waals surface area (Å²) in [7, 11) is 0. The molecule has 1 N–H and O–H groups in total. The highest BCUT2D eigenvalue weighted by atomic mass is 15.1. The Bertz CT molecular complexity index is 731. The van der Waals surface area contributed by atoms with Crippen LogP contribution in [0.4, 0.5) is 0 Å². The SMILES string of the molecule is Cc1cc2ncn(CCNCc3ccccn3)c2cc1C. The van der Waals surface area contributed by atoms with E-state index in [2.05, 4.69) is 45.8 Å². The molecule has 108 valence electrons. The first-order valence-corrected chi connectivity index (χ1v) is 7.27. The fourth-order valence-electron chi connectivity index (χ4n) is 2.41. The van der Waals surface area contributed by atoms with E-state index in [0.717, 1.165) is 30.8 Å². The van der Waals surface area contributed by atoms with Crippen LogP contribution in [0.25, 0.3) is 11.0 Å². The number of nitrogens with one attached hydrogen (secondary N) is 1. The largest absolute Gasteiger partial charge is 0.329 e. The Hall–Kier alpha value is -2.20. The van der Waals surface area contributed by atoms with Gasteiger partial charge in [0.2, 0.25) is 0 Å². The summed E-state index contributed by atoms with van der Waals surface area (Å²) in [5.74, 6) is 0. The van der Waals surface area contributed by atoms with Crippen LogP contribution in [-0.4, -0.2) is 21.1 Å². The predicted octanol–water partition coefficient (Wildman–Crippen LogP) is 2.84. The summed E-state index contributed by atoms with van der Waals surface area (Å²) in [6, 6.07) is 10.4. The second kappa shape index (κ2) is 6.06. The molecule has 1 aromatic carbocycles. The molecule has 21 heavy (non-hydrogen) atoms. The van der Waals surface area contributed by atoms with Crippen LogP contribution in [0.2, 0.25) is 0 Å². The zero-order valence-electron chi connectivity index (χ0n) is 12.5. The molecule has 3 rings (SSSR count). The van der Waals surface area contributed by atoms with Gasteiger partial charge in [-0.05, 0) is 49.2 Å². The summed E-state index contributed by atoms with van der Waals surface area (Å²) >= 11 is 0. The Morgan fingerprint density at radius 1 is 1.10 bits per heavy atom. The average Bonchev–Trinajstić information content (AvgIpc) is 2.87. The van der Waals surface area contributed by atoms with Gasteiger partial charge in [0.1, 0.15) is 0 Å². The van der Waals surface area contributed by atoms with Gasteiger partial charge in [0.05, 0.1) is 23.1 Å². The van der Waals surface area contributed by atoms with Gasteiger partial charge >= 0.3 is 0 Å². The fourth-order valence-corrected chi connectivity index (χ4v) is 2.41. The van der Waals surface area contributed by atoms with Gasteiger partial charge in [-0.15, -0.1) is 0 Å². The van der Waals surface area contributed by atoms with Crippen LogP contribution >= 0.6 is 0 Å². The molecule has 4 heteroatoms. The standard InChI is InChI=1S/C17H20N4/c1-13-9-16-17(10-14(13)2)21(12-20-16)8-7-18-11-15-5-3-4-6-19-15/h3-6,9-10,12,18H,7-8,11H2,1-2H3. The number of nitrogens with zero attached hydrogens (tertiary/aromatic N) is 3. The van der Waals surface area contributed by atoms with Crippen molar-refractivity contribution < 1.29 is 0 Å². The Morgan fingerprint density at radius 2 is 1.95 bits per heavy atom. The molecule has 0 aliphatic rings. The monoisotopic (exact) mass is 280 g/mol. The van der Waals surface area contributed by atoms with Crippen molar-refractivity contribution in [2.75, 3.05) is 6.54 Å². The maximum Gasteiger partial charge on any atom is 0.0958 e. The second-order valence-electron chi connectivity index (χ2n) is 5.36.